The Bertz CT molecular complexity index is 201. The smallest absolute Gasteiger partial charge is 0.0980 e. The van der Waals surface area contributed by atoms with E-state index in [1.165, 1.54) is 18.5 Å². The summed E-state index contributed by atoms with van der Waals surface area (Å²) in [5.74, 6) is 0. The highest BCUT2D eigenvalue weighted by Crippen LogP contribution is 2.28. The molecule has 0 bridgehead atoms. The Morgan fingerprint density at radius 3 is 2.46 bits per heavy atom. The van der Waals surface area contributed by atoms with Gasteiger partial charge in [0.25, 0.3) is 0 Å². The van der Waals surface area contributed by atoms with Crippen molar-refractivity contribution < 1.29 is 0 Å². The minimum absolute atomic E-state index is 0.247. The van der Waals surface area contributed by atoms with Crippen LogP contribution in [0.3, 0.4) is 0 Å². The molecule has 0 aliphatic carbocycles. The van der Waals surface area contributed by atoms with Crippen LogP contribution in [0.15, 0.2) is 11.9 Å². The van der Waals surface area contributed by atoms with E-state index in [2.05, 4.69) is 51.2 Å². The zero-order chi connectivity index (χ0) is 10.1. The normalized spacial score (nSPS) is 23.0. The molecule has 1 rings (SSSR count). The van der Waals surface area contributed by atoms with Crippen molar-refractivity contribution in [1.82, 2.24) is 10.2 Å². The van der Waals surface area contributed by atoms with Gasteiger partial charge in [-0.25, -0.2) is 0 Å². The molecule has 1 atom stereocenters. The maximum Gasteiger partial charge on any atom is 0.0980 e. The lowest BCUT2D eigenvalue weighted by atomic mass is 9.93. The fraction of sp³-hybridized carbons (Fsp3) is 0.818. The van der Waals surface area contributed by atoms with Gasteiger partial charge >= 0.3 is 0 Å². The molecule has 1 unspecified atom stereocenters. The van der Waals surface area contributed by atoms with Gasteiger partial charge in [0.1, 0.15) is 0 Å². The second kappa shape index (κ2) is 3.60. The summed E-state index contributed by atoms with van der Waals surface area (Å²) in [6, 6.07) is 0. The number of allylic oxidation sites excluding steroid dienone is 1. The minimum Gasteiger partial charge on any atom is -0.367 e. The summed E-state index contributed by atoms with van der Waals surface area (Å²) in [5.41, 5.74) is 1.60. The molecule has 1 aliphatic heterocycles. The number of nitrogens with zero attached hydrogens (tertiary/aromatic N) is 1. The Morgan fingerprint density at radius 1 is 1.46 bits per heavy atom. The monoisotopic (exact) mass is 182 g/mol. The van der Waals surface area contributed by atoms with E-state index in [-0.39, 0.29) is 5.41 Å². The fourth-order valence-electron chi connectivity index (χ4n) is 1.57. The molecule has 0 saturated carbocycles. The van der Waals surface area contributed by atoms with E-state index in [1.54, 1.807) is 0 Å². The summed E-state index contributed by atoms with van der Waals surface area (Å²) in [7, 11) is 2.14. The predicted octanol–water partition coefficient (Wildman–Crippen LogP) is 2.54. The summed E-state index contributed by atoms with van der Waals surface area (Å²) in [5, 5.41) is 3.57. The van der Waals surface area contributed by atoms with E-state index in [9.17, 15) is 0 Å². The third kappa shape index (κ3) is 2.39. The second-order valence-electron chi connectivity index (χ2n) is 4.91. The van der Waals surface area contributed by atoms with Crippen LogP contribution in [0.4, 0.5) is 0 Å². The maximum atomic E-state index is 3.57. The van der Waals surface area contributed by atoms with Gasteiger partial charge in [-0.1, -0.05) is 34.1 Å². The van der Waals surface area contributed by atoms with Gasteiger partial charge < -0.3 is 10.2 Å². The average Bonchev–Trinajstić information content (AvgIpc) is 2.32. The molecule has 0 radical (unpaired) electrons. The predicted molar refractivity (Wildman–Crippen MR) is 57.1 cm³/mol. The molecule has 0 saturated heterocycles. The van der Waals surface area contributed by atoms with Gasteiger partial charge in [0.2, 0.25) is 0 Å². The molecule has 0 aromatic rings. The van der Waals surface area contributed by atoms with E-state index in [0.29, 0.717) is 6.17 Å². The molecule has 2 heteroatoms. The van der Waals surface area contributed by atoms with Crippen LogP contribution in [0.1, 0.15) is 40.5 Å². The number of hydrogen-bond donors (Lipinski definition) is 1. The largest absolute Gasteiger partial charge is 0.367 e. The van der Waals surface area contributed by atoms with Crippen LogP contribution in [-0.4, -0.2) is 18.1 Å². The van der Waals surface area contributed by atoms with E-state index < -0.39 is 0 Å². The van der Waals surface area contributed by atoms with Crippen LogP contribution in [0, 0.1) is 5.41 Å². The summed E-state index contributed by atoms with van der Waals surface area (Å²) < 4.78 is 0. The Kier molecular flexibility index (Phi) is 2.89. The van der Waals surface area contributed by atoms with E-state index >= 15 is 0 Å². The first kappa shape index (κ1) is 10.4. The molecule has 0 amide bonds. The van der Waals surface area contributed by atoms with Crippen molar-refractivity contribution in [2.75, 3.05) is 7.05 Å². The summed E-state index contributed by atoms with van der Waals surface area (Å²) in [6.45, 7) is 8.96. The first-order valence-corrected chi connectivity index (χ1v) is 5.16. The molecule has 2 nitrogen and oxygen atoms in total. The lowest BCUT2D eigenvalue weighted by Crippen LogP contribution is -2.35. The van der Waals surface area contributed by atoms with Gasteiger partial charge in [-0.15, -0.1) is 0 Å². The van der Waals surface area contributed by atoms with Crippen molar-refractivity contribution in [2.45, 2.75) is 46.7 Å². The van der Waals surface area contributed by atoms with Crippen LogP contribution in [-0.2, 0) is 0 Å². The van der Waals surface area contributed by atoms with Crippen LogP contribution in [0.5, 0.6) is 0 Å². The van der Waals surface area contributed by atoms with E-state index in [1.807, 2.05) is 0 Å². The van der Waals surface area contributed by atoms with Crippen molar-refractivity contribution in [1.29, 1.82) is 0 Å². The highest BCUT2D eigenvalue weighted by molar-refractivity contribution is 5.14. The van der Waals surface area contributed by atoms with Crippen molar-refractivity contribution >= 4 is 0 Å². The van der Waals surface area contributed by atoms with Crippen LogP contribution >= 0.6 is 0 Å². The Morgan fingerprint density at radius 2 is 2.08 bits per heavy atom. The molecule has 13 heavy (non-hydrogen) atoms. The van der Waals surface area contributed by atoms with Gasteiger partial charge in [0.15, 0.2) is 0 Å². The van der Waals surface area contributed by atoms with Gasteiger partial charge in [0, 0.05) is 24.4 Å². The maximum absolute atomic E-state index is 3.57. The number of nitrogens with one attached hydrogen (secondary N) is 1. The third-order valence-corrected chi connectivity index (χ3v) is 2.52. The molecule has 76 valence electrons. The molecule has 1 N–H and O–H groups in total. The number of rotatable bonds is 2. The highest BCUT2D eigenvalue weighted by Gasteiger charge is 2.26. The molecule has 0 spiro atoms. The van der Waals surface area contributed by atoms with Crippen LogP contribution in [0.25, 0.3) is 0 Å². The Labute approximate surface area is 82.0 Å². The molecule has 1 heterocycles. The lowest BCUT2D eigenvalue weighted by molar-refractivity contribution is 0.302. The van der Waals surface area contributed by atoms with E-state index in [4.69, 9.17) is 0 Å². The Hall–Kier alpha value is -0.660. The van der Waals surface area contributed by atoms with Crippen molar-refractivity contribution in [3.63, 3.8) is 0 Å². The van der Waals surface area contributed by atoms with Gasteiger partial charge in [-0.2, -0.15) is 0 Å². The topological polar surface area (TPSA) is 15.3 Å². The van der Waals surface area contributed by atoms with Crippen molar-refractivity contribution in [3.8, 4) is 0 Å². The summed E-state index contributed by atoms with van der Waals surface area (Å²) in [4.78, 5) is 2.28. The van der Waals surface area contributed by atoms with Crippen LogP contribution in [0.2, 0.25) is 0 Å². The first-order chi connectivity index (χ1) is 5.95. The molecule has 0 aromatic carbocycles. The van der Waals surface area contributed by atoms with E-state index in [0.717, 1.165) is 0 Å². The van der Waals surface area contributed by atoms with Gasteiger partial charge in [-0.3, -0.25) is 0 Å². The van der Waals surface area contributed by atoms with Gasteiger partial charge in [0.05, 0.1) is 6.17 Å². The average molecular weight is 182 g/mol. The standard InChI is InChI=1S/C11H22N2/c1-6-7-10-12-9(8-13(10)5)11(2,3)4/h8,10,12H,6-7H2,1-5H3. The molecule has 1 aliphatic rings. The van der Waals surface area contributed by atoms with Crippen molar-refractivity contribution in [3.05, 3.63) is 11.9 Å². The molecule has 0 aromatic heterocycles. The SMILES string of the molecule is CCCC1NC(C(C)(C)C)=CN1C. The molecule has 0 fully saturated rings. The second-order valence-corrected chi connectivity index (χ2v) is 4.91. The van der Waals surface area contributed by atoms with Crippen molar-refractivity contribution in [2.24, 2.45) is 5.41 Å². The zero-order valence-corrected chi connectivity index (χ0v) is 9.52. The Balaban J connectivity index is 2.60. The molecular weight excluding hydrogens is 160 g/mol. The molecular formula is C11H22N2. The lowest BCUT2D eigenvalue weighted by Gasteiger charge is -2.24. The van der Waals surface area contributed by atoms with Gasteiger partial charge in [-0.05, 0) is 6.42 Å². The quantitative estimate of drug-likeness (QED) is 0.706. The number of hydrogen-bond acceptors (Lipinski definition) is 2. The first-order valence-electron chi connectivity index (χ1n) is 5.16. The fourth-order valence-corrected chi connectivity index (χ4v) is 1.57. The summed E-state index contributed by atoms with van der Waals surface area (Å²) in [6.07, 6.45) is 5.19. The third-order valence-electron chi connectivity index (χ3n) is 2.52. The highest BCUT2D eigenvalue weighted by atomic mass is 15.3. The summed E-state index contributed by atoms with van der Waals surface area (Å²) >= 11 is 0. The van der Waals surface area contributed by atoms with Crippen LogP contribution < -0.4 is 5.32 Å². The minimum atomic E-state index is 0.247. The zero-order valence-electron chi connectivity index (χ0n) is 9.52.